The van der Waals surface area contributed by atoms with Gasteiger partial charge in [-0.1, -0.05) is 13.3 Å². The lowest BCUT2D eigenvalue weighted by Crippen LogP contribution is -2.19. The molecule has 0 aromatic heterocycles. The molecule has 1 atom stereocenters. The third-order valence-corrected chi connectivity index (χ3v) is 2.68. The van der Waals surface area contributed by atoms with E-state index in [2.05, 4.69) is 6.92 Å². The maximum Gasteiger partial charge on any atom is 0.162 e. The number of hydrogen-bond acceptors (Lipinski definition) is 3. The summed E-state index contributed by atoms with van der Waals surface area (Å²) in [6.07, 6.45) is 4.98. The SMILES string of the molecule is CCC(CN)CC(=O)C1=COCCC1. The highest BCUT2D eigenvalue weighted by molar-refractivity contribution is 5.95. The molecule has 0 fully saturated rings. The molecule has 3 nitrogen and oxygen atoms in total. The number of hydrogen-bond donors (Lipinski definition) is 1. The highest BCUT2D eigenvalue weighted by Gasteiger charge is 2.16. The summed E-state index contributed by atoms with van der Waals surface area (Å²) in [6.45, 7) is 3.40. The lowest BCUT2D eigenvalue weighted by molar-refractivity contribution is -0.116. The fourth-order valence-corrected chi connectivity index (χ4v) is 1.56. The minimum absolute atomic E-state index is 0.210. The zero-order chi connectivity index (χ0) is 10.4. The first kappa shape index (κ1) is 11.2. The molecular weight excluding hydrogens is 178 g/mol. The van der Waals surface area contributed by atoms with Crippen molar-refractivity contribution in [3.63, 3.8) is 0 Å². The monoisotopic (exact) mass is 197 g/mol. The Morgan fingerprint density at radius 3 is 3.00 bits per heavy atom. The number of rotatable bonds is 5. The molecule has 0 bridgehead atoms. The highest BCUT2D eigenvalue weighted by Crippen LogP contribution is 2.17. The van der Waals surface area contributed by atoms with E-state index in [-0.39, 0.29) is 5.78 Å². The Balaban J connectivity index is 2.44. The van der Waals surface area contributed by atoms with Crippen LogP contribution in [-0.2, 0) is 9.53 Å². The molecule has 1 heterocycles. The topological polar surface area (TPSA) is 52.3 Å². The molecule has 0 aromatic carbocycles. The zero-order valence-electron chi connectivity index (χ0n) is 8.79. The quantitative estimate of drug-likeness (QED) is 0.728. The molecule has 0 saturated heterocycles. The van der Waals surface area contributed by atoms with Gasteiger partial charge in [0.25, 0.3) is 0 Å². The normalized spacial score (nSPS) is 18.3. The second kappa shape index (κ2) is 5.81. The standard InChI is InChI=1S/C11H19NO2/c1-2-9(7-12)6-11(13)10-4-3-5-14-8-10/h8-9H,2-7,12H2,1H3. The van der Waals surface area contributed by atoms with Gasteiger partial charge in [-0.2, -0.15) is 0 Å². The largest absolute Gasteiger partial charge is 0.501 e. The molecule has 2 N–H and O–H groups in total. The van der Waals surface area contributed by atoms with E-state index in [0.717, 1.165) is 31.4 Å². The zero-order valence-corrected chi connectivity index (χ0v) is 8.79. The Morgan fingerprint density at radius 1 is 1.71 bits per heavy atom. The van der Waals surface area contributed by atoms with Crippen LogP contribution in [0.2, 0.25) is 0 Å². The van der Waals surface area contributed by atoms with Crippen molar-refractivity contribution in [3.05, 3.63) is 11.8 Å². The van der Waals surface area contributed by atoms with E-state index in [9.17, 15) is 4.79 Å². The first-order chi connectivity index (χ1) is 6.77. The summed E-state index contributed by atoms with van der Waals surface area (Å²) >= 11 is 0. The van der Waals surface area contributed by atoms with Gasteiger partial charge in [-0.15, -0.1) is 0 Å². The summed E-state index contributed by atoms with van der Waals surface area (Å²) in [5.74, 6) is 0.535. The van der Waals surface area contributed by atoms with Gasteiger partial charge in [0.15, 0.2) is 5.78 Å². The van der Waals surface area contributed by atoms with Crippen LogP contribution >= 0.6 is 0 Å². The first-order valence-corrected chi connectivity index (χ1v) is 5.31. The van der Waals surface area contributed by atoms with Crippen molar-refractivity contribution in [3.8, 4) is 0 Å². The minimum atomic E-state index is 0.210. The van der Waals surface area contributed by atoms with Crippen molar-refractivity contribution in [1.29, 1.82) is 0 Å². The van der Waals surface area contributed by atoms with Crippen LogP contribution in [0, 0.1) is 5.92 Å². The van der Waals surface area contributed by atoms with E-state index in [1.807, 2.05) is 0 Å². The minimum Gasteiger partial charge on any atom is -0.501 e. The predicted molar refractivity (Wildman–Crippen MR) is 55.7 cm³/mol. The lowest BCUT2D eigenvalue weighted by Gasteiger charge is -2.15. The van der Waals surface area contributed by atoms with Crippen LogP contribution in [0.15, 0.2) is 11.8 Å². The van der Waals surface area contributed by atoms with Crippen LogP contribution in [0.3, 0.4) is 0 Å². The first-order valence-electron chi connectivity index (χ1n) is 5.31. The Labute approximate surface area is 85.3 Å². The van der Waals surface area contributed by atoms with Gasteiger partial charge >= 0.3 is 0 Å². The summed E-state index contributed by atoms with van der Waals surface area (Å²) in [6, 6.07) is 0. The Morgan fingerprint density at radius 2 is 2.50 bits per heavy atom. The molecule has 0 radical (unpaired) electrons. The fourth-order valence-electron chi connectivity index (χ4n) is 1.56. The van der Waals surface area contributed by atoms with Crippen LogP contribution in [-0.4, -0.2) is 18.9 Å². The molecule has 1 unspecified atom stereocenters. The van der Waals surface area contributed by atoms with E-state index in [1.54, 1.807) is 6.26 Å². The van der Waals surface area contributed by atoms with E-state index in [1.165, 1.54) is 0 Å². The summed E-state index contributed by atoms with van der Waals surface area (Å²) in [5, 5.41) is 0. The fraction of sp³-hybridized carbons (Fsp3) is 0.727. The molecule has 0 aliphatic carbocycles. The molecule has 1 aliphatic heterocycles. The number of ether oxygens (including phenoxy) is 1. The lowest BCUT2D eigenvalue weighted by atomic mass is 9.94. The Hall–Kier alpha value is -0.830. The number of carbonyl (C=O) groups excluding carboxylic acids is 1. The maximum absolute atomic E-state index is 11.7. The van der Waals surface area contributed by atoms with Gasteiger partial charge in [-0.3, -0.25) is 4.79 Å². The van der Waals surface area contributed by atoms with Gasteiger partial charge in [0.05, 0.1) is 12.9 Å². The molecule has 80 valence electrons. The van der Waals surface area contributed by atoms with Crippen LogP contribution < -0.4 is 5.73 Å². The van der Waals surface area contributed by atoms with Gasteiger partial charge in [0.2, 0.25) is 0 Å². The second-order valence-electron chi connectivity index (χ2n) is 3.75. The molecule has 0 amide bonds. The summed E-state index contributed by atoms with van der Waals surface area (Å²) < 4.78 is 5.14. The van der Waals surface area contributed by atoms with Crippen molar-refractivity contribution in [2.24, 2.45) is 11.7 Å². The van der Waals surface area contributed by atoms with Crippen LogP contribution in [0.1, 0.15) is 32.6 Å². The average molecular weight is 197 g/mol. The van der Waals surface area contributed by atoms with Crippen LogP contribution in [0.25, 0.3) is 0 Å². The molecule has 3 heteroatoms. The van der Waals surface area contributed by atoms with Gasteiger partial charge in [-0.05, 0) is 25.3 Å². The van der Waals surface area contributed by atoms with E-state index in [4.69, 9.17) is 10.5 Å². The van der Waals surface area contributed by atoms with Crippen LogP contribution in [0.5, 0.6) is 0 Å². The van der Waals surface area contributed by atoms with E-state index < -0.39 is 0 Å². The van der Waals surface area contributed by atoms with Gasteiger partial charge in [0, 0.05) is 12.0 Å². The number of ketones is 1. The number of carbonyl (C=O) groups is 1. The highest BCUT2D eigenvalue weighted by atomic mass is 16.5. The van der Waals surface area contributed by atoms with Crippen LogP contribution in [0.4, 0.5) is 0 Å². The molecule has 1 aliphatic rings. The average Bonchev–Trinajstić information content (AvgIpc) is 2.26. The smallest absolute Gasteiger partial charge is 0.162 e. The third-order valence-electron chi connectivity index (χ3n) is 2.68. The summed E-state index contributed by atoms with van der Waals surface area (Å²) in [4.78, 5) is 11.7. The molecule has 14 heavy (non-hydrogen) atoms. The van der Waals surface area contributed by atoms with Gasteiger partial charge in [0.1, 0.15) is 0 Å². The predicted octanol–water partition coefficient (Wildman–Crippen LogP) is 1.62. The second-order valence-corrected chi connectivity index (χ2v) is 3.75. The van der Waals surface area contributed by atoms with Crippen molar-refractivity contribution < 1.29 is 9.53 Å². The number of allylic oxidation sites excluding steroid dienone is 1. The van der Waals surface area contributed by atoms with Gasteiger partial charge < -0.3 is 10.5 Å². The van der Waals surface area contributed by atoms with Crippen molar-refractivity contribution >= 4 is 5.78 Å². The molecule has 0 aromatic rings. The summed E-state index contributed by atoms with van der Waals surface area (Å²) in [7, 11) is 0. The van der Waals surface area contributed by atoms with Crippen molar-refractivity contribution in [2.75, 3.05) is 13.2 Å². The molecule has 0 spiro atoms. The molecule has 0 saturated carbocycles. The maximum atomic E-state index is 11.7. The third kappa shape index (κ3) is 3.14. The van der Waals surface area contributed by atoms with E-state index >= 15 is 0 Å². The molecule has 1 rings (SSSR count). The van der Waals surface area contributed by atoms with E-state index in [0.29, 0.717) is 18.9 Å². The summed E-state index contributed by atoms with van der Waals surface area (Å²) in [5.41, 5.74) is 6.39. The molecular formula is C11H19NO2. The van der Waals surface area contributed by atoms with Crippen molar-refractivity contribution in [1.82, 2.24) is 0 Å². The Bertz CT molecular complexity index is 219. The number of nitrogens with two attached hydrogens (primary N) is 1. The Kier molecular flexibility index (Phi) is 4.66. The van der Waals surface area contributed by atoms with Gasteiger partial charge in [-0.25, -0.2) is 0 Å². The number of Topliss-reactive ketones (excluding diaryl/α,β-unsaturated/α-hetero) is 1. The van der Waals surface area contributed by atoms with Crippen molar-refractivity contribution in [2.45, 2.75) is 32.6 Å².